The van der Waals surface area contributed by atoms with Gasteiger partial charge in [-0.25, -0.2) is 0 Å². The summed E-state index contributed by atoms with van der Waals surface area (Å²) in [5.74, 6) is -3.13. The summed E-state index contributed by atoms with van der Waals surface area (Å²) in [7, 11) is 0. The molecule has 0 aliphatic rings. The molecule has 0 bridgehead atoms. The van der Waals surface area contributed by atoms with Gasteiger partial charge in [0, 0.05) is 12.3 Å². The van der Waals surface area contributed by atoms with E-state index in [4.69, 9.17) is 9.47 Å². The van der Waals surface area contributed by atoms with Crippen LogP contribution >= 0.6 is 0 Å². The molecule has 0 radical (unpaired) electrons. The average Bonchev–Trinajstić information content (AvgIpc) is 3.04. The molecule has 0 aliphatic heterocycles. The molecule has 7 nitrogen and oxygen atoms in total. The Bertz CT molecular complexity index is 1380. The van der Waals surface area contributed by atoms with Crippen LogP contribution in [0.15, 0.2) is 91.0 Å². The van der Waals surface area contributed by atoms with Gasteiger partial charge in [-0.05, 0) is 62.6 Å². The molecule has 3 aromatic carbocycles. The van der Waals surface area contributed by atoms with Crippen molar-refractivity contribution in [3.63, 3.8) is 0 Å². The van der Waals surface area contributed by atoms with E-state index in [9.17, 15) is 19.2 Å². The summed E-state index contributed by atoms with van der Waals surface area (Å²) in [5, 5.41) is 2.99. The lowest BCUT2D eigenvalue weighted by atomic mass is 9.86. The van der Waals surface area contributed by atoms with Gasteiger partial charge in [-0.15, -0.1) is 0 Å². The fourth-order valence-electron chi connectivity index (χ4n) is 5.30. The third-order valence-electron chi connectivity index (χ3n) is 8.02. The predicted molar refractivity (Wildman–Crippen MR) is 180 cm³/mol. The van der Waals surface area contributed by atoms with Gasteiger partial charge in [0.25, 0.3) is 0 Å². The van der Waals surface area contributed by atoms with Crippen molar-refractivity contribution in [3.8, 4) is 0 Å². The van der Waals surface area contributed by atoms with Gasteiger partial charge >= 0.3 is 11.9 Å². The number of nitrogens with one attached hydrogen (secondary N) is 1. The Morgan fingerprint density at radius 2 is 1.28 bits per heavy atom. The largest absolute Gasteiger partial charge is 0.461 e. The Kier molecular flexibility index (Phi) is 14.2. The van der Waals surface area contributed by atoms with Crippen molar-refractivity contribution in [2.24, 2.45) is 17.8 Å². The molecule has 3 rings (SSSR count). The first-order chi connectivity index (χ1) is 21.9. The van der Waals surface area contributed by atoms with E-state index >= 15 is 0 Å². The van der Waals surface area contributed by atoms with Crippen LogP contribution in [0.3, 0.4) is 0 Å². The van der Waals surface area contributed by atoms with Gasteiger partial charge in [0.05, 0.1) is 18.4 Å². The second kappa shape index (κ2) is 18.0. The molecule has 0 spiro atoms. The van der Waals surface area contributed by atoms with Crippen molar-refractivity contribution in [3.05, 3.63) is 108 Å². The monoisotopic (exact) mass is 627 g/mol. The van der Waals surface area contributed by atoms with E-state index in [0.717, 1.165) is 16.7 Å². The molecule has 46 heavy (non-hydrogen) atoms. The van der Waals surface area contributed by atoms with Crippen molar-refractivity contribution < 1.29 is 28.7 Å². The molecular formula is C39H49NO6. The Labute approximate surface area is 274 Å². The minimum absolute atomic E-state index is 0.0848. The molecule has 1 N–H and O–H groups in total. The van der Waals surface area contributed by atoms with E-state index in [1.807, 2.05) is 105 Å². The maximum Gasteiger partial charge on any atom is 0.310 e. The topological polar surface area (TPSA) is 98.8 Å². The van der Waals surface area contributed by atoms with Gasteiger partial charge in [0.2, 0.25) is 5.91 Å². The van der Waals surface area contributed by atoms with Crippen LogP contribution in [0.4, 0.5) is 0 Å². The van der Waals surface area contributed by atoms with Crippen LogP contribution in [-0.4, -0.2) is 35.3 Å². The van der Waals surface area contributed by atoms with Crippen LogP contribution in [0.2, 0.25) is 0 Å². The number of ether oxygens (including phenoxy) is 2. The zero-order valence-corrected chi connectivity index (χ0v) is 27.9. The Hall–Kier alpha value is -4.26. The first-order valence-corrected chi connectivity index (χ1v) is 16.3. The van der Waals surface area contributed by atoms with E-state index in [-0.39, 0.29) is 37.1 Å². The van der Waals surface area contributed by atoms with E-state index in [1.165, 1.54) is 0 Å². The van der Waals surface area contributed by atoms with Gasteiger partial charge in [0.15, 0.2) is 5.78 Å². The standard InChI is InChI=1S/C39H49NO6/c1-6-28(2)36(40-37(43)32(26-35(42)46-39(3,4)5)23-22-29-16-10-7-11-17-29)34(41)25-33(24-30-18-12-8-13-19-30)38(44)45-27-31-20-14-9-15-21-31/h7-21,28,32-33,36H,6,22-27H2,1-5H3,(H,40,43)/t28?,32-,33-,36+/m1/s1. The minimum atomic E-state index is -0.824. The third kappa shape index (κ3) is 12.6. The quantitative estimate of drug-likeness (QED) is 0.161. The zero-order valence-electron chi connectivity index (χ0n) is 27.9. The van der Waals surface area contributed by atoms with E-state index in [2.05, 4.69) is 5.32 Å². The van der Waals surface area contributed by atoms with Crippen molar-refractivity contribution in [1.82, 2.24) is 5.32 Å². The molecule has 0 saturated heterocycles. The van der Waals surface area contributed by atoms with Crippen LogP contribution in [0.25, 0.3) is 0 Å². The normalized spacial score (nSPS) is 13.9. The van der Waals surface area contributed by atoms with Crippen LogP contribution in [-0.2, 0) is 48.1 Å². The molecule has 4 atom stereocenters. The molecule has 0 fully saturated rings. The van der Waals surface area contributed by atoms with Crippen molar-refractivity contribution in [2.75, 3.05) is 0 Å². The molecule has 0 heterocycles. The maximum atomic E-state index is 14.0. The Morgan fingerprint density at radius 1 is 0.739 bits per heavy atom. The summed E-state index contributed by atoms with van der Waals surface area (Å²) in [4.78, 5) is 54.0. The number of Topliss-reactive ketones (excluding diaryl/α,β-unsaturated/α-hetero) is 1. The van der Waals surface area contributed by atoms with Crippen molar-refractivity contribution >= 4 is 23.6 Å². The highest BCUT2D eigenvalue weighted by Crippen LogP contribution is 2.22. The van der Waals surface area contributed by atoms with Gasteiger partial charge in [-0.1, -0.05) is 111 Å². The molecule has 0 saturated carbocycles. The van der Waals surface area contributed by atoms with Crippen LogP contribution in [0.5, 0.6) is 0 Å². The molecule has 7 heteroatoms. The number of aryl methyl sites for hydroxylation is 1. The Balaban J connectivity index is 1.78. The van der Waals surface area contributed by atoms with Gasteiger partial charge in [0.1, 0.15) is 12.2 Å². The lowest BCUT2D eigenvalue weighted by Crippen LogP contribution is -2.48. The van der Waals surface area contributed by atoms with Crippen molar-refractivity contribution in [2.45, 2.75) is 91.4 Å². The molecule has 0 aromatic heterocycles. The number of carbonyl (C=O) groups is 4. The van der Waals surface area contributed by atoms with Crippen LogP contribution in [0, 0.1) is 17.8 Å². The summed E-state index contributed by atoms with van der Waals surface area (Å²) in [6.07, 6.45) is 1.80. The van der Waals surface area contributed by atoms with Crippen LogP contribution in [0.1, 0.15) is 77.0 Å². The average molecular weight is 628 g/mol. The lowest BCUT2D eigenvalue weighted by Gasteiger charge is -2.28. The summed E-state index contributed by atoms with van der Waals surface area (Å²) < 4.78 is 11.2. The van der Waals surface area contributed by atoms with Gasteiger partial charge in [-0.2, -0.15) is 0 Å². The Morgan fingerprint density at radius 3 is 1.83 bits per heavy atom. The van der Waals surface area contributed by atoms with Crippen LogP contribution < -0.4 is 5.32 Å². The number of hydrogen-bond donors (Lipinski definition) is 1. The number of amides is 1. The second-order valence-electron chi connectivity index (χ2n) is 13.0. The first kappa shape index (κ1) is 36.2. The number of hydrogen-bond acceptors (Lipinski definition) is 6. The zero-order chi connectivity index (χ0) is 33.5. The van der Waals surface area contributed by atoms with E-state index in [0.29, 0.717) is 25.7 Å². The number of rotatable bonds is 17. The smallest absolute Gasteiger partial charge is 0.310 e. The summed E-state index contributed by atoms with van der Waals surface area (Å²) in [6.45, 7) is 9.35. The molecular weight excluding hydrogens is 578 g/mol. The van der Waals surface area contributed by atoms with Gasteiger partial charge < -0.3 is 14.8 Å². The second-order valence-corrected chi connectivity index (χ2v) is 13.0. The molecule has 246 valence electrons. The summed E-state index contributed by atoms with van der Waals surface area (Å²) in [5.41, 5.74) is 2.14. The SMILES string of the molecule is CCC(C)[C@H](NC(=O)[C@H](CCc1ccccc1)CC(=O)OC(C)(C)C)C(=O)C[C@@H](Cc1ccccc1)C(=O)OCc1ccccc1. The van der Waals surface area contributed by atoms with E-state index in [1.54, 1.807) is 20.8 Å². The molecule has 3 aromatic rings. The van der Waals surface area contributed by atoms with E-state index < -0.39 is 35.4 Å². The molecule has 1 amide bonds. The first-order valence-electron chi connectivity index (χ1n) is 16.3. The highest BCUT2D eigenvalue weighted by Gasteiger charge is 2.34. The number of benzene rings is 3. The number of esters is 2. The fraction of sp³-hybridized carbons (Fsp3) is 0.436. The predicted octanol–water partition coefficient (Wildman–Crippen LogP) is 7.06. The highest BCUT2D eigenvalue weighted by atomic mass is 16.6. The van der Waals surface area contributed by atoms with Crippen molar-refractivity contribution in [1.29, 1.82) is 0 Å². The molecule has 0 aliphatic carbocycles. The minimum Gasteiger partial charge on any atom is -0.461 e. The third-order valence-corrected chi connectivity index (χ3v) is 8.02. The fourth-order valence-corrected chi connectivity index (χ4v) is 5.30. The maximum absolute atomic E-state index is 14.0. The van der Waals surface area contributed by atoms with Gasteiger partial charge in [-0.3, -0.25) is 19.2 Å². The lowest BCUT2D eigenvalue weighted by molar-refractivity contribution is -0.157. The number of carbonyl (C=O) groups excluding carboxylic acids is 4. The highest BCUT2D eigenvalue weighted by molar-refractivity contribution is 5.93. The summed E-state index contributed by atoms with van der Waals surface area (Å²) >= 11 is 0. The molecule has 1 unspecified atom stereocenters. The summed E-state index contributed by atoms with van der Waals surface area (Å²) in [6, 6.07) is 27.9. The number of ketones is 1.